The Kier molecular flexibility index (Phi) is 2.57. The Morgan fingerprint density at radius 1 is 1.18 bits per heavy atom. The van der Waals surface area contributed by atoms with E-state index in [1.165, 1.54) is 0 Å². The summed E-state index contributed by atoms with van der Waals surface area (Å²) in [5.74, 6) is 0. The SMILES string of the molecule is Nc1ccc2cccnc2c1N1CCOCC1. The summed E-state index contributed by atoms with van der Waals surface area (Å²) in [5.41, 5.74) is 8.91. The van der Waals surface area contributed by atoms with E-state index in [4.69, 9.17) is 10.5 Å². The van der Waals surface area contributed by atoms with Crippen LogP contribution in [0.5, 0.6) is 0 Å². The zero-order valence-electron chi connectivity index (χ0n) is 9.60. The van der Waals surface area contributed by atoms with Crippen molar-refractivity contribution in [1.29, 1.82) is 0 Å². The van der Waals surface area contributed by atoms with Crippen LogP contribution in [0, 0.1) is 0 Å². The molecule has 88 valence electrons. The number of morpholine rings is 1. The van der Waals surface area contributed by atoms with Crippen LogP contribution in [0.2, 0.25) is 0 Å². The van der Waals surface area contributed by atoms with Gasteiger partial charge in [-0.2, -0.15) is 0 Å². The molecule has 1 aliphatic rings. The summed E-state index contributed by atoms with van der Waals surface area (Å²) in [7, 11) is 0. The molecule has 0 radical (unpaired) electrons. The van der Waals surface area contributed by atoms with Crippen LogP contribution in [0.4, 0.5) is 11.4 Å². The van der Waals surface area contributed by atoms with Crippen LogP contribution in [0.15, 0.2) is 30.5 Å². The summed E-state index contributed by atoms with van der Waals surface area (Å²) in [6.45, 7) is 3.26. The molecule has 2 N–H and O–H groups in total. The van der Waals surface area contributed by atoms with E-state index in [1.807, 2.05) is 24.4 Å². The number of aromatic nitrogens is 1. The van der Waals surface area contributed by atoms with E-state index < -0.39 is 0 Å². The number of nitrogens with zero attached hydrogens (tertiary/aromatic N) is 2. The molecule has 0 unspecified atom stereocenters. The second-order valence-corrected chi connectivity index (χ2v) is 4.18. The van der Waals surface area contributed by atoms with Crippen LogP contribution >= 0.6 is 0 Å². The van der Waals surface area contributed by atoms with Crippen molar-refractivity contribution in [2.24, 2.45) is 0 Å². The Balaban J connectivity index is 2.15. The summed E-state index contributed by atoms with van der Waals surface area (Å²) < 4.78 is 5.37. The lowest BCUT2D eigenvalue weighted by molar-refractivity contribution is 0.123. The highest BCUT2D eigenvalue weighted by Gasteiger charge is 2.17. The fraction of sp³-hybridized carbons (Fsp3) is 0.308. The van der Waals surface area contributed by atoms with E-state index in [-0.39, 0.29) is 0 Å². The van der Waals surface area contributed by atoms with Crippen molar-refractivity contribution >= 4 is 22.3 Å². The number of pyridine rings is 1. The normalized spacial score (nSPS) is 16.4. The van der Waals surface area contributed by atoms with Gasteiger partial charge >= 0.3 is 0 Å². The number of nitrogen functional groups attached to an aromatic ring is 1. The van der Waals surface area contributed by atoms with E-state index in [9.17, 15) is 0 Å². The monoisotopic (exact) mass is 229 g/mol. The molecular weight excluding hydrogens is 214 g/mol. The van der Waals surface area contributed by atoms with Crippen LogP contribution in [0.25, 0.3) is 10.9 Å². The number of fused-ring (bicyclic) bond motifs is 1. The smallest absolute Gasteiger partial charge is 0.0956 e. The number of nitrogens with two attached hydrogens (primary N) is 1. The predicted octanol–water partition coefficient (Wildman–Crippen LogP) is 1.65. The zero-order valence-corrected chi connectivity index (χ0v) is 9.60. The molecule has 0 amide bonds. The average Bonchev–Trinajstić information content (AvgIpc) is 2.39. The van der Waals surface area contributed by atoms with Crippen molar-refractivity contribution < 1.29 is 4.74 Å². The first-order valence-electron chi connectivity index (χ1n) is 5.82. The lowest BCUT2D eigenvalue weighted by Crippen LogP contribution is -2.36. The first kappa shape index (κ1) is 10.4. The fourth-order valence-corrected chi connectivity index (χ4v) is 2.26. The van der Waals surface area contributed by atoms with Gasteiger partial charge in [-0.1, -0.05) is 12.1 Å². The van der Waals surface area contributed by atoms with E-state index in [1.54, 1.807) is 0 Å². The number of rotatable bonds is 1. The minimum atomic E-state index is 0.753. The number of anilines is 2. The molecule has 4 nitrogen and oxygen atoms in total. The van der Waals surface area contributed by atoms with Gasteiger partial charge in [0.2, 0.25) is 0 Å². The summed E-state index contributed by atoms with van der Waals surface area (Å²) in [6.07, 6.45) is 1.81. The van der Waals surface area contributed by atoms with Gasteiger partial charge in [0.25, 0.3) is 0 Å². The van der Waals surface area contributed by atoms with Gasteiger partial charge in [-0.3, -0.25) is 4.98 Å². The third-order valence-corrected chi connectivity index (χ3v) is 3.11. The Hall–Kier alpha value is -1.81. The maximum absolute atomic E-state index is 6.10. The van der Waals surface area contributed by atoms with Gasteiger partial charge in [-0.05, 0) is 12.1 Å². The number of benzene rings is 1. The fourth-order valence-electron chi connectivity index (χ4n) is 2.26. The third kappa shape index (κ3) is 1.80. The molecule has 0 spiro atoms. The second-order valence-electron chi connectivity index (χ2n) is 4.18. The maximum Gasteiger partial charge on any atom is 0.0956 e. The molecule has 4 heteroatoms. The highest BCUT2D eigenvalue weighted by Crippen LogP contribution is 2.31. The minimum absolute atomic E-state index is 0.753. The van der Waals surface area contributed by atoms with Crippen molar-refractivity contribution in [2.45, 2.75) is 0 Å². The van der Waals surface area contributed by atoms with Gasteiger partial charge in [0.15, 0.2) is 0 Å². The van der Waals surface area contributed by atoms with Crippen molar-refractivity contribution in [1.82, 2.24) is 4.98 Å². The lowest BCUT2D eigenvalue weighted by atomic mass is 10.1. The molecule has 1 fully saturated rings. The molecule has 1 saturated heterocycles. The van der Waals surface area contributed by atoms with Gasteiger partial charge < -0.3 is 15.4 Å². The average molecular weight is 229 g/mol. The minimum Gasteiger partial charge on any atom is -0.397 e. The highest BCUT2D eigenvalue weighted by atomic mass is 16.5. The standard InChI is InChI=1S/C13H15N3O/c14-11-4-3-10-2-1-5-15-12(10)13(11)16-6-8-17-9-7-16/h1-5H,6-9,14H2. The molecule has 3 rings (SSSR count). The van der Waals surface area contributed by atoms with Gasteiger partial charge in [0, 0.05) is 24.7 Å². The Labute approximate surface area is 100.0 Å². The topological polar surface area (TPSA) is 51.4 Å². The van der Waals surface area contributed by atoms with Crippen LogP contribution in [-0.4, -0.2) is 31.3 Å². The summed E-state index contributed by atoms with van der Waals surface area (Å²) in [5, 5.41) is 1.13. The molecule has 1 aliphatic heterocycles. The van der Waals surface area contributed by atoms with Crippen molar-refractivity contribution in [2.75, 3.05) is 36.9 Å². The second kappa shape index (κ2) is 4.22. The predicted molar refractivity (Wildman–Crippen MR) is 69.2 cm³/mol. The first-order valence-corrected chi connectivity index (χ1v) is 5.82. The Bertz CT molecular complexity index is 535. The summed E-state index contributed by atoms with van der Waals surface area (Å²) in [4.78, 5) is 6.71. The molecule has 1 aromatic heterocycles. The molecule has 2 heterocycles. The van der Waals surface area contributed by atoms with E-state index in [0.29, 0.717) is 0 Å². The van der Waals surface area contributed by atoms with Crippen molar-refractivity contribution in [3.8, 4) is 0 Å². The van der Waals surface area contributed by atoms with E-state index >= 15 is 0 Å². The van der Waals surface area contributed by atoms with E-state index in [0.717, 1.165) is 48.6 Å². The van der Waals surface area contributed by atoms with Crippen LogP contribution < -0.4 is 10.6 Å². The largest absolute Gasteiger partial charge is 0.397 e. The maximum atomic E-state index is 6.10. The highest BCUT2D eigenvalue weighted by molar-refractivity contribution is 5.97. The quantitative estimate of drug-likeness (QED) is 0.755. The van der Waals surface area contributed by atoms with Crippen LogP contribution in [-0.2, 0) is 4.74 Å². The molecule has 0 aliphatic carbocycles. The summed E-state index contributed by atoms with van der Waals surface area (Å²) in [6, 6.07) is 7.98. The van der Waals surface area contributed by atoms with Gasteiger partial charge in [-0.15, -0.1) is 0 Å². The van der Waals surface area contributed by atoms with Gasteiger partial charge in [-0.25, -0.2) is 0 Å². The number of hydrogen-bond donors (Lipinski definition) is 1. The van der Waals surface area contributed by atoms with E-state index in [2.05, 4.69) is 16.0 Å². The number of ether oxygens (including phenoxy) is 1. The van der Waals surface area contributed by atoms with Crippen LogP contribution in [0.3, 0.4) is 0 Å². The number of hydrogen-bond acceptors (Lipinski definition) is 4. The van der Waals surface area contributed by atoms with Gasteiger partial charge in [0.05, 0.1) is 30.1 Å². The third-order valence-electron chi connectivity index (χ3n) is 3.11. The van der Waals surface area contributed by atoms with Gasteiger partial charge in [0.1, 0.15) is 0 Å². The molecule has 0 atom stereocenters. The molecule has 0 bridgehead atoms. The molecule has 2 aromatic rings. The molecular formula is C13H15N3O. The first-order chi connectivity index (χ1) is 8.36. The summed E-state index contributed by atoms with van der Waals surface area (Å²) >= 11 is 0. The zero-order chi connectivity index (χ0) is 11.7. The molecule has 1 aromatic carbocycles. The van der Waals surface area contributed by atoms with Crippen molar-refractivity contribution in [3.05, 3.63) is 30.5 Å². The molecule has 17 heavy (non-hydrogen) atoms. The Morgan fingerprint density at radius 2 is 2.00 bits per heavy atom. The van der Waals surface area contributed by atoms with Crippen molar-refractivity contribution in [3.63, 3.8) is 0 Å². The van der Waals surface area contributed by atoms with Crippen LogP contribution in [0.1, 0.15) is 0 Å². The molecule has 0 saturated carbocycles. The Morgan fingerprint density at radius 3 is 2.82 bits per heavy atom. The lowest BCUT2D eigenvalue weighted by Gasteiger charge is -2.30.